The van der Waals surface area contributed by atoms with E-state index in [1.807, 2.05) is 13.8 Å². The van der Waals surface area contributed by atoms with Crippen LogP contribution in [0.3, 0.4) is 0 Å². The number of nitrogens with two attached hydrogens (primary N) is 1. The summed E-state index contributed by atoms with van der Waals surface area (Å²) < 4.78 is 38.5. The minimum atomic E-state index is -4.33. The van der Waals surface area contributed by atoms with Gasteiger partial charge in [0.25, 0.3) is 0 Å². The van der Waals surface area contributed by atoms with Crippen molar-refractivity contribution in [3.8, 4) is 0 Å². The van der Waals surface area contributed by atoms with Crippen molar-refractivity contribution in [1.29, 1.82) is 0 Å². The zero-order valence-electron chi connectivity index (χ0n) is 9.88. The molecule has 0 aromatic heterocycles. The molecule has 0 amide bonds. The molecule has 1 aliphatic carbocycles. The van der Waals surface area contributed by atoms with Gasteiger partial charge in [-0.05, 0) is 29.4 Å². The van der Waals surface area contributed by atoms with Crippen molar-refractivity contribution in [1.82, 2.24) is 0 Å². The minimum Gasteiger partial charge on any atom is -0.324 e. The van der Waals surface area contributed by atoms with Gasteiger partial charge in [-0.2, -0.15) is 13.2 Å². The Hall–Kier alpha value is -1.03. The summed E-state index contributed by atoms with van der Waals surface area (Å²) in [7, 11) is 0. The number of benzene rings is 1. The summed E-state index contributed by atoms with van der Waals surface area (Å²) in [5, 5.41) is 0. The predicted molar refractivity (Wildman–Crippen MR) is 60.3 cm³/mol. The van der Waals surface area contributed by atoms with Crippen LogP contribution in [0.25, 0.3) is 0 Å². The van der Waals surface area contributed by atoms with E-state index in [4.69, 9.17) is 5.73 Å². The van der Waals surface area contributed by atoms with Crippen molar-refractivity contribution >= 4 is 0 Å². The second-order valence-corrected chi connectivity index (χ2v) is 5.41. The van der Waals surface area contributed by atoms with Crippen LogP contribution in [0.1, 0.15) is 37.4 Å². The van der Waals surface area contributed by atoms with Crippen molar-refractivity contribution in [3.05, 3.63) is 35.4 Å². The molecule has 0 radical (unpaired) electrons. The molecule has 94 valence electrons. The largest absolute Gasteiger partial charge is 0.416 e. The van der Waals surface area contributed by atoms with Gasteiger partial charge in [-0.15, -0.1) is 0 Å². The number of halogens is 3. The number of hydrogen-bond donors (Lipinski definition) is 1. The molecule has 1 nitrogen and oxygen atoms in total. The lowest BCUT2D eigenvalue weighted by atomic mass is 9.94. The Morgan fingerprint density at radius 2 is 1.82 bits per heavy atom. The van der Waals surface area contributed by atoms with Crippen LogP contribution in [0.2, 0.25) is 0 Å². The summed E-state index contributed by atoms with van der Waals surface area (Å²) in [5.74, 6) is 0.144. The molecule has 2 N–H and O–H groups in total. The molecule has 4 heteroatoms. The van der Waals surface area contributed by atoms with Gasteiger partial charge >= 0.3 is 6.18 Å². The second kappa shape index (κ2) is 3.73. The van der Waals surface area contributed by atoms with E-state index in [1.165, 1.54) is 12.1 Å². The molecule has 1 aromatic rings. The highest BCUT2D eigenvalue weighted by atomic mass is 19.4. The number of hydrogen-bond acceptors (Lipinski definition) is 1. The summed E-state index contributed by atoms with van der Waals surface area (Å²) in [5.41, 5.74) is 5.66. The van der Waals surface area contributed by atoms with E-state index >= 15 is 0 Å². The Labute approximate surface area is 98.8 Å². The first-order chi connectivity index (χ1) is 7.73. The fraction of sp³-hybridized carbons (Fsp3) is 0.538. The molecular weight excluding hydrogens is 227 g/mol. The molecule has 0 heterocycles. The van der Waals surface area contributed by atoms with E-state index in [1.54, 1.807) is 6.07 Å². The Kier molecular flexibility index (Phi) is 2.73. The molecule has 0 aliphatic heterocycles. The van der Waals surface area contributed by atoms with Crippen LogP contribution in [-0.2, 0) is 6.18 Å². The molecule has 2 unspecified atom stereocenters. The molecule has 0 bridgehead atoms. The Morgan fingerprint density at radius 3 is 2.29 bits per heavy atom. The number of alkyl halides is 3. The van der Waals surface area contributed by atoms with Crippen molar-refractivity contribution in [2.75, 3.05) is 0 Å². The van der Waals surface area contributed by atoms with E-state index in [-0.39, 0.29) is 16.9 Å². The molecule has 1 saturated carbocycles. The van der Waals surface area contributed by atoms with Crippen LogP contribution in [0.5, 0.6) is 0 Å². The highest BCUT2D eigenvalue weighted by molar-refractivity contribution is 5.34. The quantitative estimate of drug-likeness (QED) is 0.841. The fourth-order valence-corrected chi connectivity index (χ4v) is 2.38. The maximum Gasteiger partial charge on any atom is 0.416 e. The van der Waals surface area contributed by atoms with Crippen molar-refractivity contribution in [3.63, 3.8) is 0 Å². The molecule has 1 aliphatic rings. The summed E-state index contributed by atoms with van der Waals surface area (Å²) in [6.07, 6.45) is -3.44. The molecule has 1 fully saturated rings. The zero-order valence-corrected chi connectivity index (χ0v) is 9.88. The van der Waals surface area contributed by atoms with Gasteiger partial charge in [-0.25, -0.2) is 0 Å². The third-order valence-electron chi connectivity index (χ3n) is 3.65. The van der Waals surface area contributed by atoms with Gasteiger partial charge in [0, 0.05) is 6.04 Å². The summed E-state index contributed by atoms with van der Waals surface area (Å²) >= 11 is 0. The van der Waals surface area contributed by atoms with E-state index in [0.29, 0.717) is 0 Å². The number of rotatable bonds is 2. The second-order valence-electron chi connectivity index (χ2n) is 5.41. The maximum absolute atomic E-state index is 12.8. The Bertz CT molecular complexity index is 423. The van der Waals surface area contributed by atoms with E-state index < -0.39 is 17.8 Å². The van der Waals surface area contributed by atoms with Crippen LogP contribution >= 0.6 is 0 Å². The molecule has 0 spiro atoms. The van der Waals surface area contributed by atoms with Crippen LogP contribution in [0.15, 0.2) is 24.3 Å². The Morgan fingerprint density at radius 1 is 1.29 bits per heavy atom. The topological polar surface area (TPSA) is 26.0 Å². The van der Waals surface area contributed by atoms with Crippen molar-refractivity contribution in [2.24, 2.45) is 17.1 Å². The Balaban J connectivity index is 2.33. The van der Waals surface area contributed by atoms with Gasteiger partial charge in [0.05, 0.1) is 5.56 Å². The van der Waals surface area contributed by atoms with Crippen LogP contribution in [0, 0.1) is 11.3 Å². The molecule has 2 atom stereocenters. The first-order valence-corrected chi connectivity index (χ1v) is 5.65. The highest BCUT2D eigenvalue weighted by Crippen LogP contribution is 2.57. The first kappa shape index (κ1) is 12.4. The zero-order chi connectivity index (χ0) is 12.8. The molecule has 17 heavy (non-hydrogen) atoms. The van der Waals surface area contributed by atoms with Crippen molar-refractivity contribution < 1.29 is 13.2 Å². The van der Waals surface area contributed by atoms with E-state index in [2.05, 4.69) is 0 Å². The molecule has 2 rings (SSSR count). The first-order valence-electron chi connectivity index (χ1n) is 5.65. The summed E-state index contributed by atoms with van der Waals surface area (Å²) in [6.45, 7) is 4.07. The van der Waals surface area contributed by atoms with Crippen molar-refractivity contribution in [2.45, 2.75) is 32.5 Å². The van der Waals surface area contributed by atoms with Crippen LogP contribution in [-0.4, -0.2) is 0 Å². The molecule has 1 aromatic carbocycles. The average molecular weight is 243 g/mol. The SMILES string of the molecule is CC1(C)CC1C(N)c1ccccc1C(F)(F)F. The summed E-state index contributed by atoms with van der Waals surface area (Å²) in [6, 6.07) is 5.08. The molecule has 0 saturated heterocycles. The minimum absolute atomic E-state index is 0.0676. The lowest BCUT2D eigenvalue weighted by molar-refractivity contribution is -0.138. The normalized spacial score (nSPS) is 24.5. The summed E-state index contributed by atoms with van der Waals surface area (Å²) in [4.78, 5) is 0. The fourth-order valence-electron chi connectivity index (χ4n) is 2.38. The van der Waals surface area contributed by atoms with E-state index in [9.17, 15) is 13.2 Å². The lowest BCUT2D eigenvalue weighted by Gasteiger charge is -2.19. The van der Waals surface area contributed by atoms with Gasteiger partial charge in [-0.1, -0.05) is 32.0 Å². The van der Waals surface area contributed by atoms with Gasteiger partial charge in [0.2, 0.25) is 0 Å². The smallest absolute Gasteiger partial charge is 0.324 e. The maximum atomic E-state index is 12.8. The van der Waals surface area contributed by atoms with Crippen LogP contribution in [0.4, 0.5) is 13.2 Å². The predicted octanol–water partition coefficient (Wildman–Crippen LogP) is 3.75. The lowest BCUT2D eigenvalue weighted by Crippen LogP contribution is -2.20. The standard InChI is InChI=1S/C13H16F3N/c1-12(2)7-10(12)11(17)8-5-3-4-6-9(8)13(14,15)16/h3-6,10-11H,7,17H2,1-2H3. The van der Waals surface area contributed by atoms with E-state index in [0.717, 1.165) is 12.5 Å². The average Bonchev–Trinajstić information content (AvgIpc) is 2.85. The van der Waals surface area contributed by atoms with Gasteiger partial charge < -0.3 is 5.73 Å². The molecular formula is C13H16F3N. The third-order valence-corrected chi connectivity index (χ3v) is 3.65. The van der Waals surface area contributed by atoms with Gasteiger partial charge in [-0.3, -0.25) is 0 Å². The van der Waals surface area contributed by atoms with Crippen LogP contribution < -0.4 is 5.73 Å². The van der Waals surface area contributed by atoms with Gasteiger partial charge in [0.1, 0.15) is 0 Å². The van der Waals surface area contributed by atoms with Gasteiger partial charge in [0.15, 0.2) is 0 Å². The monoisotopic (exact) mass is 243 g/mol. The highest BCUT2D eigenvalue weighted by Gasteiger charge is 2.50. The third kappa shape index (κ3) is 2.32.